The highest BCUT2D eigenvalue weighted by Crippen LogP contribution is 2.23. The summed E-state index contributed by atoms with van der Waals surface area (Å²) in [5.41, 5.74) is 2.25. The number of benzene rings is 2. The van der Waals surface area contributed by atoms with Gasteiger partial charge in [0.1, 0.15) is 5.82 Å². The van der Waals surface area contributed by atoms with E-state index >= 15 is 0 Å². The van der Waals surface area contributed by atoms with E-state index in [0.717, 1.165) is 5.56 Å². The molecule has 2 aromatic carbocycles. The van der Waals surface area contributed by atoms with Crippen LogP contribution in [0.4, 0.5) is 10.1 Å². The normalized spacial score (nSPS) is 12.2. The first kappa shape index (κ1) is 13.8. The van der Waals surface area contributed by atoms with E-state index in [-0.39, 0.29) is 12.4 Å². The van der Waals surface area contributed by atoms with Gasteiger partial charge < -0.3 is 10.4 Å². The largest absolute Gasteiger partial charge is 0.387 e. The van der Waals surface area contributed by atoms with Crippen molar-refractivity contribution in [1.82, 2.24) is 0 Å². The molecule has 0 saturated heterocycles. The average molecular weight is 280 g/mol. The first-order valence-electron chi connectivity index (χ1n) is 6.00. The van der Waals surface area contributed by atoms with Crippen LogP contribution in [0.2, 0.25) is 5.02 Å². The maximum atomic E-state index is 13.1. The molecule has 0 aliphatic heterocycles. The zero-order valence-corrected chi connectivity index (χ0v) is 11.3. The van der Waals surface area contributed by atoms with Gasteiger partial charge in [0, 0.05) is 22.8 Å². The molecule has 1 unspecified atom stereocenters. The average Bonchev–Trinajstić information content (AvgIpc) is 2.40. The highest BCUT2D eigenvalue weighted by Gasteiger charge is 2.11. The molecule has 19 heavy (non-hydrogen) atoms. The van der Waals surface area contributed by atoms with Gasteiger partial charge in [0.25, 0.3) is 0 Å². The Hall–Kier alpha value is -1.58. The van der Waals surface area contributed by atoms with Gasteiger partial charge in [-0.1, -0.05) is 35.9 Å². The lowest BCUT2D eigenvalue weighted by atomic mass is 10.1. The highest BCUT2D eigenvalue weighted by molar-refractivity contribution is 6.31. The van der Waals surface area contributed by atoms with Crippen LogP contribution >= 0.6 is 11.6 Å². The van der Waals surface area contributed by atoms with E-state index < -0.39 is 6.10 Å². The smallest absolute Gasteiger partial charge is 0.125 e. The fourth-order valence-corrected chi connectivity index (χ4v) is 2.11. The molecule has 0 fully saturated rings. The third-order valence-electron chi connectivity index (χ3n) is 2.95. The summed E-state index contributed by atoms with van der Waals surface area (Å²) in [6.45, 7) is 2.15. The molecular weight excluding hydrogens is 265 g/mol. The number of hydrogen-bond donors (Lipinski definition) is 2. The summed E-state index contributed by atoms with van der Waals surface area (Å²) in [5, 5.41) is 13.6. The standard InChI is InChI=1S/C15H15ClFNO/c1-10-6-7-11(17)8-14(10)18-9-15(19)12-4-2-3-5-13(12)16/h2-8,15,18-19H,9H2,1H3. The first-order chi connectivity index (χ1) is 9.08. The van der Waals surface area contributed by atoms with Crippen LogP contribution in [-0.2, 0) is 0 Å². The molecule has 0 aliphatic carbocycles. The molecule has 0 bridgehead atoms. The minimum absolute atomic E-state index is 0.272. The molecular formula is C15H15ClFNO. The summed E-state index contributed by atoms with van der Waals surface area (Å²) < 4.78 is 13.1. The summed E-state index contributed by atoms with van der Waals surface area (Å²) in [6.07, 6.45) is -0.739. The van der Waals surface area contributed by atoms with E-state index in [1.807, 2.05) is 19.1 Å². The minimum Gasteiger partial charge on any atom is -0.387 e. The van der Waals surface area contributed by atoms with Crippen LogP contribution in [0.3, 0.4) is 0 Å². The third-order valence-corrected chi connectivity index (χ3v) is 3.29. The zero-order valence-electron chi connectivity index (χ0n) is 10.5. The molecule has 0 aliphatic rings. The molecule has 2 rings (SSSR count). The van der Waals surface area contributed by atoms with Crippen molar-refractivity contribution in [3.8, 4) is 0 Å². The molecule has 0 amide bonds. The number of aryl methyl sites for hydroxylation is 1. The number of hydrogen-bond acceptors (Lipinski definition) is 2. The summed E-state index contributed by atoms with van der Waals surface area (Å²) in [6, 6.07) is 11.6. The van der Waals surface area contributed by atoms with Crippen molar-refractivity contribution in [2.24, 2.45) is 0 Å². The second kappa shape index (κ2) is 6.04. The molecule has 4 heteroatoms. The minimum atomic E-state index is -0.739. The van der Waals surface area contributed by atoms with Crippen LogP contribution in [0.25, 0.3) is 0 Å². The van der Waals surface area contributed by atoms with Crippen LogP contribution in [-0.4, -0.2) is 11.7 Å². The zero-order chi connectivity index (χ0) is 13.8. The molecule has 0 heterocycles. The molecule has 0 radical (unpaired) electrons. The number of aliphatic hydroxyl groups is 1. The Morgan fingerprint density at radius 2 is 2.00 bits per heavy atom. The van der Waals surface area contributed by atoms with Crippen molar-refractivity contribution in [3.05, 3.63) is 64.4 Å². The summed E-state index contributed by atoms with van der Waals surface area (Å²) in [4.78, 5) is 0. The Morgan fingerprint density at radius 3 is 2.74 bits per heavy atom. The van der Waals surface area contributed by atoms with Gasteiger partial charge in [-0.25, -0.2) is 4.39 Å². The number of aliphatic hydroxyl groups excluding tert-OH is 1. The Kier molecular flexibility index (Phi) is 4.40. The van der Waals surface area contributed by atoms with Crippen LogP contribution in [0.15, 0.2) is 42.5 Å². The van der Waals surface area contributed by atoms with Gasteiger partial charge in [0.05, 0.1) is 6.10 Å². The predicted octanol–water partition coefficient (Wildman–Crippen LogP) is 3.93. The highest BCUT2D eigenvalue weighted by atomic mass is 35.5. The number of rotatable bonds is 4. The van der Waals surface area contributed by atoms with Crippen molar-refractivity contribution in [2.75, 3.05) is 11.9 Å². The van der Waals surface area contributed by atoms with Gasteiger partial charge in [-0.05, 0) is 30.7 Å². The van der Waals surface area contributed by atoms with Gasteiger partial charge in [-0.15, -0.1) is 0 Å². The monoisotopic (exact) mass is 279 g/mol. The van der Waals surface area contributed by atoms with Gasteiger partial charge in [0.15, 0.2) is 0 Å². The Bertz CT molecular complexity index is 574. The molecule has 2 N–H and O–H groups in total. The van der Waals surface area contributed by atoms with Gasteiger partial charge in [0.2, 0.25) is 0 Å². The first-order valence-corrected chi connectivity index (χ1v) is 6.38. The maximum Gasteiger partial charge on any atom is 0.125 e. The second-order valence-electron chi connectivity index (χ2n) is 4.38. The van der Waals surface area contributed by atoms with E-state index in [9.17, 15) is 9.50 Å². The summed E-state index contributed by atoms with van der Waals surface area (Å²) >= 11 is 6.01. The van der Waals surface area contributed by atoms with E-state index in [1.54, 1.807) is 18.2 Å². The quantitative estimate of drug-likeness (QED) is 0.889. The number of nitrogens with one attached hydrogen (secondary N) is 1. The van der Waals surface area contributed by atoms with Gasteiger partial charge >= 0.3 is 0 Å². The SMILES string of the molecule is Cc1ccc(F)cc1NCC(O)c1ccccc1Cl. The van der Waals surface area contributed by atoms with E-state index in [2.05, 4.69) is 5.32 Å². The van der Waals surface area contributed by atoms with Crippen molar-refractivity contribution >= 4 is 17.3 Å². The fourth-order valence-electron chi connectivity index (χ4n) is 1.85. The van der Waals surface area contributed by atoms with Gasteiger partial charge in [-0.3, -0.25) is 0 Å². The third kappa shape index (κ3) is 3.46. The van der Waals surface area contributed by atoms with Crippen LogP contribution in [0.1, 0.15) is 17.2 Å². The molecule has 0 aromatic heterocycles. The fraction of sp³-hybridized carbons (Fsp3) is 0.200. The van der Waals surface area contributed by atoms with Crippen LogP contribution in [0, 0.1) is 12.7 Å². The summed E-state index contributed by atoms with van der Waals surface area (Å²) in [7, 11) is 0. The molecule has 2 nitrogen and oxygen atoms in total. The van der Waals surface area contributed by atoms with Gasteiger partial charge in [-0.2, -0.15) is 0 Å². The summed E-state index contributed by atoms with van der Waals surface area (Å²) in [5.74, 6) is -0.305. The van der Waals surface area contributed by atoms with Crippen molar-refractivity contribution < 1.29 is 9.50 Å². The van der Waals surface area contributed by atoms with E-state index in [4.69, 9.17) is 11.6 Å². The second-order valence-corrected chi connectivity index (χ2v) is 4.78. The Labute approximate surface area is 116 Å². The molecule has 0 spiro atoms. The Morgan fingerprint density at radius 1 is 1.26 bits per heavy atom. The molecule has 100 valence electrons. The topological polar surface area (TPSA) is 32.3 Å². The van der Waals surface area contributed by atoms with Crippen molar-refractivity contribution in [1.29, 1.82) is 0 Å². The molecule has 2 aromatic rings. The maximum absolute atomic E-state index is 13.1. The van der Waals surface area contributed by atoms with Crippen LogP contribution in [0.5, 0.6) is 0 Å². The van der Waals surface area contributed by atoms with E-state index in [0.29, 0.717) is 16.3 Å². The van der Waals surface area contributed by atoms with Crippen molar-refractivity contribution in [2.45, 2.75) is 13.0 Å². The van der Waals surface area contributed by atoms with Crippen molar-refractivity contribution in [3.63, 3.8) is 0 Å². The lowest BCUT2D eigenvalue weighted by molar-refractivity contribution is 0.191. The molecule has 1 atom stereocenters. The molecule has 0 saturated carbocycles. The Balaban J connectivity index is 2.06. The van der Waals surface area contributed by atoms with Crippen LogP contribution < -0.4 is 5.32 Å². The van der Waals surface area contributed by atoms with E-state index in [1.165, 1.54) is 12.1 Å². The predicted molar refractivity (Wildman–Crippen MR) is 76.0 cm³/mol. The lowest BCUT2D eigenvalue weighted by Gasteiger charge is -2.15. The number of anilines is 1. The number of halogens is 2. The lowest BCUT2D eigenvalue weighted by Crippen LogP contribution is -2.13.